The topological polar surface area (TPSA) is 55.8 Å². The zero-order chi connectivity index (χ0) is 12.5. The van der Waals surface area contributed by atoms with Crippen molar-refractivity contribution in [1.29, 1.82) is 0 Å². The van der Waals surface area contributed by atoms with Gasteiger partial charge in [0, 0.05) is 27.3 Å². The van der Waals surface area contributed by atoms with E-state index in [1.807, 2.05) is 0 Å². The Kier molecular flexibility index (Phi) is 4.07. The lowest BCUT2D eigenvalue weighted by Crippen LogP contribution is -2.32. The monoisotopic (exact) mass is 263 g/mol. The summed E-state index contributed by atoms with van der Waals surface area (Å²) in [6.45, 7) is 0.837. The van der Waals surface area contributed by atoms with E-state index in [0.717, 1.165) is 6.42 Å². The Hall–Kier alpha value is -0.170. The molecule has 0 radical (unpaired) electrons. The number of methoxy groups -OCH3 is 2. The Bertz CT molecular complexity index is 340. The molecular formula is C11H21NO4S. The summed E-state index contributed by atoms with van der Waals surface area (Å²) in [6.07, 6.45) is 2.90. The van der Waals surface area contributed by atoms with Gasteiger partial charge in [-0.25, -0.2) is 8.42 Å². The highest BCUT2D eigenvalue weighted by Gasteiger charge is 2.39. The van der Waals surface area contributed by atoms with Crippen molar-refractivity contribution < 1.29 is 17.9 Å². The van der Waals surface area contributed by atoms with Crippen molar-refractivity contribution in [1.82, 2.24) is 4.31 Å². The Morgan fingerprint density at radius 3 is 2.06 bits per heavy atom. The molecule has 1 saturated carbocycles. The van der Waals surface area contributed by atoms with Crippen molar-refractivity contribution in [3.8, 4) is 0 Å². The minimum atomic E-state index is -3.13. The van der Waals surface area contributed by atoms with Crippen LogP contribution in [-0.4, -0.2) is 58.0 Å². The molecule has 6 heteroatoms. The molecule has 1 heterocycles. The highest BCUT2D eigenvalue weighted by Crippen LogP contribution is 2.33. The summed E-state index contributed by atoms with van der Waals surface area (Å²) < 4.78 is 36.2. The number of nitrogens with zero attached hydrogens (tertiary/aromatic N) is 1. The molecule has 1 saturated heterocycles. The van der Waals surface area contributed by atoms with Gasteiger partial charge in [-0.3, -0.25) is 0 Å². The molecule has 0 aromatic rings. The molecule has 2 rings (SSSR count). The van der Waals surface area contributed by atoms with Gasteiger partial charge in [0.05, 0.1) is 18.0 Å². The lowest BCUT2D eigenvalue weighted by atomic mass is 10.3. The zero-order valence-corrected chi connectivity index (χ0v) is 11.3. The molecule has 0 aromatic carbocycles. The van der Waals surface area contributed by atoms with Crippen LogP contribution in [0.2, 0.25) is 0 Å². The van der Waals surface area contributed by atoms with E-state index in [1.54, 1.807) is 14.2 Å². The quantitative estimate of drug-likeness (QED) is 0.698. The molecule has 1 aliphatic heterocycles. The van der Waals surface area contributed by atoms with Crippen molar-refractivity contribution in [3.63, 3.8) is 0 Å². The van der Waals surface area contributed by atoms with Gasteiger partial charge < -0.3 is 9.47 Å². The summed E-state index contributed by atoms with van der Waals surface area (Å²) in [7, 11) is 0.0607. The first-order valence-electron chi connectivity index (χ1n) is 6.10. The van der Waals surface area contributed by atoms with E-state index >= 15 is 0 Å². The van der Waals surface area contributed by atoms with Crippen LogP contribution >= 0.6 is 0 Å². The van der Waals surface area contributed by atoms with Crippen LogP contribution in [0.4, 0.5) is 0 Å². The molecule has 5 nitrogen and oxygen atoms in total. The number of hydrogen-bond donors (Lipinski definition) is 0. The molecule has 2 fully saturated rings. The third kappa shape index (κ3) is 3.19. The van der Waals surface area contributed by atoms with Crippen LogP contribution in [0.15, 0.2) is 0 Å². The summed E-state index contributed by atoms with van der Waals surface area (Å²) in [4.78, 5) is 0. The Labute approximate surface area is 103 Å². The van der Waals surface area contributed by atoms with Gasteiger partial charge in [0.15, 0.2) is 0 Å². The molecular weight excluding hydrogens is 242 g/mol. The predicted octanol–water partition coefficient (Wildman–Crippen LogP) is 0.462. The van der Waals surface area contributed by atoms with Gasteiger partial charge in [-0.1, -0.05) is 12.8 Å². The lowest BCUT2D eigenvalue weighted by molar-refractivity contribution is -0.00461. The molecule has 0 aromatic heterocycles. The highest BCUT2D eigenvalue weighted by molar-refractivity contribution is 7.89. The second kappa shape index (κ2) is 5.22. The molecule has 0 unspecified atom stereocenters. The Morgan fingerprint density at radius 2 is 1.65 bits per heavy atom. The van der Waals surface area contributed by atoms with E-state index in [2.05, 4.69) is 0 Å². The van der Waals surface area contributed by atoms with Crippen LogP contribution < -0.4 is 0 Å². The van der Waals surface area contributed by atoms with E-state index in [-0.39, 0.29) is 18.0 Å². The molecule has 2 atom stereocenters. The van der Waals surface area contributed by atoms with Crippen molar-refractivity contribution in [2.45, 2.75) is 31.5 Å². The summed E-state index contributed by atoms with van der Waals surface area (Å²) in [6, 6.07) is 0. The molecule has 0 bridgehead atoms. The fraction of sp³-hybridized carbons (Fsp3) is 1.00. The molecule has 0 spiro atoms. The first-order chi connectivity index (χ1) is 8.06. The minimum absolute atomic E-state index is 0.143. The van der Waals surface area contributed by atoms with E-state index < -0.39 is 10.0 Å². The fourth-order valence-electron chi connectivity index (χ4n) is 2.24. The molecule has 17 heavy (non-hydrogen) atoms. The maximum Gasteiger partial charge on any atom is 0.214 e. The summed E-state index contributed by atoms with van der Waals surface area (Å²) in [5, 5.41) is 0. The predicted molar refractivity (Wildman–Crippen MR) is 64.3 cm³/mol. The third-order valence-corrected chi connectivity index (χ3v) is 5.50. The van der Waals surface area contributed by atoms with Gasteiger partial charge in [0.2, 0.25) is 10.0 Å². The normalized spacial score (nSPS) is 30.9. The molecule has 0 amide bonds. The van der Waals surface area contributed by atoms with Gasteiger partial charge in [-0.05, 0) is 12.3 Å². The molecule has 100 valence electrons. The van der Waals surface area contributed by atoms with E-state index in [1.165, 1.54) is 17.1 Å². The van der Waals surface area contributed by atoms with Gasteiger partial charge in [-0.15, -0.1) is 0 Å². The van der Waals surface area contributed by atoms with Gasteiger partial charge >= 0.3 is 0 Å². The van der Waals surface area contributed by atoms with E-state index in [9.17, 15) is 8.42 Å². The van der Waals surface area contributed by atoms with Crippen LogP contribution in [0.1, 0.15) is 19.3 Å². The van der Waals surface area contributed by atoms with Crippen LogP contribution in [0, 0.1) is 5.92 Å². The maximum atomic E-state index is 12.1. The maximum absolute atomic E-state index is 12.1. The van der Waals surface area contributed by atoms with Crippen molar-refractivity contribution >= 4 is 10.0 Å². The Morgan fingerprint density at radius 1 is 1.12 bits per heavy atom. The largest absolute Gasteiger partial charge is 0.377 e. The van der Waals surface area contributed by atoms with Gasteiger partial charge in [0.1, 0.15) is 0 Å². The van der Waals surface area contributed by atoms with Crippen molar-refractivity contribution in [2.24, 2.45) is 5.92 Å². The molecule has 2 aliphatic rings. The van der Waals surface area contributed by atoms with Crippen LogP contribution in [0.5, 0.6) is 0 Å². The highest BCUT2D eigenvalue weighted by atomic mass is 32.2. The summed E-state index contributed by atoms with van der Waals surface area (Å²) >= 11 is 0. The number of rotatable bonds is 6. The fourth-order valence-corrected chi connectivity index (χ4v) is 3.88. The summed E-state index contributed by atoms with van der Waals surface area (Å²) in [5.74, 6) is 0.911. The average Bonchev–Trinajstić information content (AvgIpc) is 3.03. The first kappa shape index (κ1) is 13.3. The number of ether oxygens (including phenoxy) is 2. The van der Waals surface area contributed by atoms with Crippen LogP contribution in [0.25, 0.3) is 0 Å². The zero-order valence-electron chi connectivity index (χ0n) is 10.5. The molecule has 0 N–H and O–H groups in total. The van der Waals surface area contributed by atoms with Gasteiger partial charge in [-0.2, -0.15) is 4.31 Å². The SMILES string of the molecule is CO[C@H]1CN(S(=O)(=O)CCC2CC2)C[C@@H]1OC. The first-order valence-corrected chi connectivity index (χ1v) is 7.71. The van der Waals surface area contributed by atoms with Crippen molar-refractivity contribution in [2.75, 3.05) is 33.1 Å². The lowest BCUT2D eigenvalue weighted by Gasteiger charge is -2.15. The van der Waals surface area contributed by atoms with Gasteiger partial charge in [0.25, 0.3) is 0 Å². The molecule has 1 aliphatic carbocycles. The second-order valence-corrected chi connectivity index (χ2v) is 7.00. The van der Waals surface area contributed by atoms with Crippen LogP contribution in [-0.2, 0) is 19.5 Å². The Balaban J connectivity index is 1.92. The number of sulfonamides is 1. The van der Waals surface area contributed by atoms with E-state index in [4.69, 9.17) is 9.47 Å². The van der Waals surface area contributed by atoms with Crippen molar-refractivity contribution in [3.05, 3.63) is 0 Å². The minimum Gasteiger partial charge on any atom is -0.377 e. The smallest absolute Gasteiger partial charge is 0.214 e. The third-order valence-electron chi connectivity index (χ3n) is 3.66. The second-order valence-electron chi connectivity index (χ2n) is 4.91. The standard InChI is InChI=1S/C11H21NO4S/c1-15-10-7-12(8-11(10)16-2)17(13,14)6-5-9-3-4-9/h9-11H,3-8H2,1-2H3/t10-,11-/m0/s1. The average molecular weight is 263 g/mol. The summed E-state index contributed by atoms with van der Waals surface area (Å²) in [5.41, 5.74) is 0. The van der Waals surface area contributed by atoms with Crippen LogP contribution in [0.3, 0.4) is 0 Å². The van der Waals surface area contributed by atoms with E-state index in [0.29, 0.717) is 19.0 Å². The number of hydrogen-bond acceptors (Lipinski definition) is 4.